The van der Waals surface area contributed by atoms with Crippen LogP contribution in [0, 0.1) is 13.8 Å². The maximum absolute atomic E-state index is 6.04. The van der Waals surface area contributed by atoms with Crippen molar-refractivity contribution in [1.82, 2.24) is 4.68 Å². The molecule has 1 aliphatic rings. The van der Waals surface area contributed by atoms with Gasteiger partial charge in [-0.3, -0.25) is 4.68 Å². The van der Waals surface area contributed by atoms with Crippen LogP contribution in [0.25, 0.3) is 0 Å². The molecule has 0 amide bonds. The second-order valence-electron chi connectivity index (χ2n) is 5.10. The van der Waals surface area contributed by atoms with Gasteiger partial charge in [0.05, 0.1) is 6.04 Å². The van der Waals surface area contributed by atoms with Gasteiger partial charge in [-0.1, -0.05) is 17.7 Å². The van der Waals surface area contributed by atoms with Gasteiger partial charge in [0.1, 0.15) is 0 Å². The SMILES string of the molecule is Cc1ccc(C)n1NC1Cc2ccc(Cl)cc2C1. The minimum Gasteiger partial charge on any atom is -0.322 e. The summed E-state index contributed by atoms with van der Waals surface area (Å²) in [5.41, 5.74) is 8.89. The van der Waals surface area contributed by atoms with E-state index in [0.717, 1.165) is 17.9 Å². The third-order valence-corrected chi connectivity index (χ3v) is 3.92. The molecule has 0 bridgehead atoms. The highest BCUT2D eigenvalue weighted by atomic mass is 35.5. The fourth-order valence-corrected chi connectivity index (χ4v) is 2.93. The first kappa shape index (κ1) is 11.7. The zero-order valence-electron chi connectivity index (χ0n) is 10.7. The maximum atomic E-state index is 6.04. The van der Waals surface area contributed by atoms with E-state index >= 15 is 0 Å². The Hall–Kier alpha value is -1.41. The van der Waals surface area contributed by atoms with Crippen molar-refractivity contribution in [2.75, 3.05) is 5.43 Å². The van der Waals surface area contributed by atoms with Gasteiger partial charge in [0.2, 0.25) is 0 Å². The summed E-state index contributed by atoms with van der Waals surface area (Å²) < 4.78 is 2.18. The van der Waals surface area contributed by atoms with Crippen molar-refractivity contribution < 1.29 is 0 Å². The minimum atomic E-state index is 0.461. The van der Waals surface area contributed by atoms with Gasteiger partial charge < -0.3 is 5.43 Å². The number of benzene rings is 1. The van der Waals surface area contributed by atoms with Gasteiger partial charge in [0, 0.05) is 16.4 Å². The topological polar surface area (TPSA) is 17.0 Å². The van der Waals surface area contributed by atoms with Crippen molar-refractivity contribution in [2.24, 2.45) is 0 Å². The molecule has 3 rings (SSSR count). The highest BCUT2D eigenvalue weighted by Gasteiger charge is 2.22. The van der Waals surface area contributed by atoms with Crippen LogP contribution in [0.15, 0.2) is 30.3 Å². The number of rotatable bonds is 2. The zero-order valence-corrected chi connectivity index (χ0v) is 11.5. The molecule has 2 aromatic rings. The summed E-state index contributed by atoms with van der Waals surface area (Å²) in [6.45, 7) is 4.25. The van der Waals surface area contributed by atoms with E-state index in [-0.39, 0.29) is 0 Å². The van der Waals surface area contributed by atoms with E-state index in [1.165, 1.54) is 22.5 Å². The van der Waals surface area contributed by atoms with Gasteiger partial charge in [-0.05, 0) is 62.1 Å². The van der Waals surface area contributed by atoms with Crippen LogP contribution in [0.2, 0.25) is 5.02 Å². The Morgan fingerprint density at radius 1 is 1.06 bits per heavy atom. The summed E-state index contributed by atoms with van der Waals surface area (Å²) in [6, 6.07) is 11.0. The molecular formula is C15H17ClN2. The molecule has 2 nitrogen and oxygen atoms in total. The zero-order chi connectivity index (χ0) is 12.7. The van der Waals surface area contributed by atoms with Crippen LogP contribution in [0.1, 0.15) is 22.5 Å². The molecule has 1 unspecified atom stereocenters. The molecule has 1 aromatic heterocycles. The molecule has 1 aliphatic carbocycles. The summed E-state index contributed by atoms with van der Waals surface area (Å²) in [6.07, 6.45) is 2.12. The lowest BCUT2D eigenvalue weighted by Crippen LogP contribution is -2.29. The molecule has 1 N–H and O–H groups in total. The van der Waals surface area contributed by atoms with Crippen molar-refractivity contribution in [3.8, 4) is 0 Å². The number of nitrogens with zero attached hydrogens (tertiary/aromatic N) is 1. The van der Waals surface area contributed by atoms with Crippen molar-refractivity contribution >= 4 is 11.6 Å². The first-order valence-corrected chi connectivity index (χ1v) is 6.70. The van der Waals surface area contributed by atoms with Crippen LogP contribution in [0.4, 0.5) is 0 Å². The lowest BCUT2D eigenvalue weighted by atomic mass is 10.1. The second kappa shape index (κ2) is 4.36. The van der Waals surface area contributed by atoms with Gasteiger partial charge in [-0.25, -0.2) is 0 Å². The number of aryl methyl sites for hydroxylation is 2. The highest BCUT2D eigenvalue weighted by molar-refractivity contribution is 6.30. The Bertz CT molecular complexity index is 567. The Morgan fingerprint density at radius 3 is 2.44 bits per heavy atom. The molecule has 0 spiro atoms. The normalized spacial score (nSPS) is 17.8. The molecule has 18 heavy (non-hydrogen) atoms. The van der Waals surface area contributed by atoms with E-state index in [4.69, 9.17) is 11.6 Å². The van der Waals surface area contributed by atoms with Crippen molar-refractivity contribution in [1.29, 1.82) is 0 Å². The van der Waals surface area contributed by atoms with Crippen LogP contribution in [-0.2, 0) is 12.8 Å². The Labute approximate surface area is 113 Å². The number of nitrogens with one attached hydrogen (secondary N) is 1. The maximum Gasteiger partial charge on any atom is 0.0505 e. The smallest absolute Gasteiger partial charge is 0.0505 e. The molecular weight excluding hydrogens is 244 g/mol. The van der Waals surface area contributed by atoms with E-state index in [1.54, 1.807) is 0 Å². The minimum absolute atomic E-state index is 0.461. The lowest BCUT2D eigenvalue weighted by Gasteiger charge is -2.18. The van der Waals surface area contributed by atoms with Crippen LogP contribution in [-0.4, -0.2) is 10.7 Å². The summed E-state index contributed by atoms with van der Waals surface area (Å²) in [5, 5.41) is 0.836. The average molecular weight is 261 g/mol. The average Bonchev–Trinajstić information content (AvgIpc) is 2.86. The Morgan fingerprint density at radius 2 is 1.72 bits per heavy atom. The molecule has 1 atom stereocenters. The third kappa shape index (κ3) is 2.01. The van der Waals surface area contributed by atoms with Gasteiger partial charge in [0.15, 0.2) is 0 Å². The van der Waals surface area contributed by atoms with E-state index in [0.29, 0.717) is 6.04 Å². The Balaban J connectivity index is 1.79. The predicted octanol–water partition coefficient (Wildman–Crippen LogP) is 3.47. The number of hydrogen-bond donors (Lipinski definition) is 1. The molecule has 0 saturated carbocycles. The van der Waals surface area contributed by atoms with Crippen LogP contribution >= 0.6 is 11.6 Å². The molecule has 0 fully saturated rings. The van der Waals surface area contributed by atoms with Crippen molar-refractivity contribution in [2.45, 2.75) is 32.7 Å². The molecule has 1 aromatic carbocycles. The first-order chi connectivity index (χ1) is 8.63. The van der Waals surface area contributed by atoms with Crippen molar-refractivity contribution in [3.63, 3.8) is 0 Å². The number of hydrogen-bond acceptors (Lipinski definition) is 1. The predicted molar refractivity (Wildman–Crippen MR) is 75.9 cm³/mol. The summed E-state index contributed by atoms with van der Waals surface area (Å²) >= 11 is 6.04. The van der Waals surface area contributed by atoms with Crippen molar-refractivity contribution in [3.05, 3.63) is 57.9 Å². The molecule has 0 saturated heterocycles. The summed E-state index contributed by atoms with van der Waals surface area (Å²) in [4.78, 5) is 0. The summed E-state index contributed by atoms with van der Waals surface area (Å²) in [7, 11) is 0. The van der Waals surface area contributed by atoms with Crippen LogP contribution in [0.3, 0.4) is 0 Å². The Kier molecular flexibility index (Phi) is 2.83. The van der Waals surface area contributed by atoms with Gasteiger partial charge >= 0.3 is 0 Å². The van der Waals surface area contributed by atoms with Gasteiger partial charge in [-0.2, -0.15) is 0 Å². The van der Waals surface area contributed by atoms with E-state index < -0.39 is 0 Å². The fourth-order valence-electron chi connectivity index (χ4n) is 2.73. The molecule has 1 heterocycles. The molecule has 0 aliphatic heterocycles. The van der Waals surface area contributed by atoms with E-state index in [9.17, 15) is 0 Å². The largest absolute Gasteiger partial charge is 0.322 e. The van der Waals surface area contributed by atoms with Crippen LogP contribution in [0.5, 0.6) is 0 Å². The monoisotopic (exact) mass is 260 g/mol. The lowest BCUT2D eigenvalue weighted by molar-refractivity contribution is 0.650. The first-order valence-electron chi connectivity index (χ1n) is 6.32. The third-order valence-electron chi connectivity index (χ3n) is 3.68. The number of aromatic nitrogens is 1. The van der Waals surface area contributed by atoms with E-state index in [1.807, 2.05) is 6.07 Å². The summed E-state index contributed by atoms with van der Waals surface area (Å²) in [5.74, 6) is 0. The molecule has 0 radical (unpaired) electrons. The van der Waals surface area contributed by atoms with Gasteiger partial charge in [0.25, 0.3) is 0 Å². The molecule has 3 heteroatoms. The van der Waals surface area contributed by atoms with Crippen LogP contribution < -0.4 is 5.43 Å². The quantitative estimate of drug-likeness (QED) is 0.875. The second-order valence-corrected chi connectivity index (χ2v) is 5.54. The van der Waals surface area contributed by atoms with E-state index in [2.05, 4.69) is 48.2 Å². The fraction of sp³-hybridized carbons (Fsp3) is 0.333. The van der Waals surface area contributed by atoms with Gasteiger partial charge in [-0.15, -0.1) is 0 Å². The standard InChI is InChI=1S/C15H17ClN2/c1-10-3-4-11(2)18(10)17-15-8-12-5-6-14(16)7-13(12)9-15/h3-7,15,17H,8-9H2,1-2H3. The molecule has 94 valence electrons. The number of fused-ring (bicyclic) bond motifs is 1. The highest BCUT2D eigenvalue weighted by Crippen LogP contribution is 2.26. The number of halogens is 1.